The van der Waals surface area contributed by atoms with Crippen LogP contribution in [0.3, 0.4) is 0 Å². The highest BCUT2D eigenvalue weighted by molar-refractivity contribution is 5.92. The summed E-state index contributed by atoms with van der Waals surface area (Å²) in [6, 6.07) is 13.4. The van der Waals surface area contributed by atoms with Gasteiger partial charge in [0.25, 0.3) is 0 Å². The van der Waals surface area contributed by atoms with Gasteiger partial charge in [0.2, 0.25) is 5.91 Å². The number of nitriles is 1. The van der Waals surface area contributed by atoms with Gasteiger partial charge in [0, 0.05) is 31.1 Å². The standard InChI is InChI=1S/C18H17N3O/c1-14-17-3-2-10-20(17)11-12-21(14)18(22)9-8-15-4-6-16(13-19)7-5-15/h2-10,14H,11-12H2,1H3. The minimum atomic E-state index is 0.0179. The number of amides is 1. The lowest BCUT2D eigenvalue weighted by Gasteiger charge is -2.34. The minimum absolute atomic E-state index is 0.0179. The Morgan fingerprint density at radius 3 is 2.77 bits per heavy atom. The second-order valence-corrected chi connectivity index (χ2v) is 5.40. The lowest BCUT2D eigenvalue weighted by molar-refractivity contribution is -0.129. The van der Waals surface area contributed by atoms with Gasteiger partial charge in [-0.15, -0.1) is 0 Å². The Labute approximate surface area is 129 Å². The molecule has 4 nitrogen and oxygen atoms in total. The highest BCUT2D eigenvalue weighted by atomic mass is 16.2. The number of fused-ring (bicyclic) bond motifs is 1. The van der Waals surface area contributed by atoms with Crippen LogP contribution in [0.1, 0.15) is 29.8 Å². The molecule has 0 aliphatic carbocycles. The summed E-state index contributed by atoms with van der Waals surface area (Å²) in [5, 5.41) is 8.78. The third kappa shape index (κ3) is 2.66. The molecule has 22 heavy (non-hydrogen) atoms. The molecule has 1 aliphatic heterocycles. The van der Waals surface area contributed by atoms with Gasteiger partial charge in [-0.1, -0.05) is 12.1 Å². The van der Waals surface area contributed by atoms with Crippen LogP contribution in [0.15, 0.2) is 48.7 Å². The fraction of sp³-hybridized carbons (Fsp3) is 0.222. The van der Waals surface area contributed by atoms with Crippen LogP contribution in [0.2, 0.25) is 0 Å². The van der Waals surface area contributed by atoms with Crippen molar-refractivity contribution in [1.82, 2.24) is 9.47 Å². The molecule has 1 atom stereocenters. The van der Waals surface area contributed by atoms with Crippen LogP contribution in [0, 0.1) is 11.3 Å². The molecule has 0 bridgehead atoms. The maximum atomic E-state index is 12.4. The van der Waals surface area contributed by atoms with E-state index in [1.807, 2.05) is 23.1 Å². The van der Waals surface area contributed by atoms with Crippen molar-refractivity contribution in [3.8, 4) is 6.07 Å². The second kappa shape index (κ2) is 5.90. The lowest BCUT2D eigenvalue weighted by Crippen LogP contribution is -2.39. The molecule has 0 fully saturated rings. The van der Waals surface area contributed by atoms with E-state index in [0.717, 1.165) is 18.7 Å². The van der Waals surface area contributed by atoms with Crippen molar-refractivity contribution in [3.63, 3.8) is 0 Å². The maximum absolute atomic E-state index is 12.4. The van der Waals surface area contributed by atoms with Crippen molar-refractivity contribution in [1.29, 1.82) is 5.26 Å². The zero-order valence-electron chi connectivity index (χ0n) is 12.4. The third-order valence-corrected chi connectivity index (χ3v) is 4.08. The second-order valence-electron chi connectivity index (χ2n) is 5.40. The summed E-state index contributed by atoms with van der Waals surface area (Å²) in [5.74, 6) is 0.0179. The Morgan fingerprint density at radius 2 is 2.05 bits per heavy atom. The normalized spacial score (nSPS) is 17.3. The summed E-state index contributed by atoms with van der Waals surface area (Å²) in [5.41, 5.74) is 2.71. The van der Waals surface area contributed by atoms with E-state index in [9.17, 15) is 4.79 Å². The first-order chi connectivity index (χ1) is 10.7. The monoisotopic (exact) mass is 291 g/mol. The van der Waals surface area contributed by atoms with Crippen molar-refractivity contribution < 1.29 is 4.79 Å². The number of carbonyl (C=O) groups is 1. The Morgan fingerprint density at radius 1 is 1.27 bits per heavy atom. The quantitative estimate of drug-likeness (QED) is 0.799. The molecule has 0 radical (unpaired) electrons. The smallest absolute Gasteiger partial charge is 0.247 e. The summed E-state index contributed by atoms with van der Waals surface area (Å²) in [7, 11) is 0. The molecule has 4 heteroatoms. The van der Waals surface area contributed by atoms with Crippen LogP contribution in [-0.4, -0.2) is 21.9 Å². The van der Waals surface area contributed by atoms with Gasteiger partial charge in [0.1, 0.15) is 0 Å². The summed E-state index contributed by atoms with van der Waals surface area (Å²) >= 11 is 0. The highest BCUT2D eigenvalue weighted by Gasteiger charge is 2.25. The van der Waals surface area contributed by atoms with E-state index >= 15 is 0 Å². The molecule has 110 valence electrons. The third-order valence-electron chi connectivity index (χ3n) is 4.08. The number of carbonyl (C=O) groups excluding carboxylic acids is 1. The van der Waals surface area contributed by atoms with E-state index in [1.54, 1.807) is 24.3 Å². The van der Waals surface area contributed by atoms with Crippen LogP contribution in [-0.2, 0) is 11.3 Å². The van der Waals surface area contributed by atoms with Gasteiger partial charge < -0.3 is 9.47 Å². The number of rotatable bonds is 2. The van der Waals surface area contributed by atoms with Crippen molar-refractivity contribution in [2.75, 3.05) is 6.54 Å². The Bertz CT molecular complexity index is 749. The number of aromatic nitrogens is 1. The van der Waals surface area contributed by atoms with Crippen molar-refractivity contribution in [2.45, 2.75) is 19.5 Å². The van der Waals surface area contributed by atoms with E-state index in [4.69, 9.17) is 5.26 Å². The minimum Gasteiger partial charge on any atom is -0.348 e. The SMILES string of the molecule is CC1c2cccn2CCN1C(=O)C=Cc1ccc(C#N)cc1. The summed E-state index contributed by atoms with van der Waals surface area (Å²) in [6.07, 6.45) is 5.46. The molecule has 0 spiro atoms. The van der Waals surface area contributed by atoms with Crippen LogP contribution in [0.5, 0.6) is 0 Å². The van der Waals surface area contributed by atoms with Gasteiger partial charge in [0.15, 0.2) is 0 Å². The first kappa shape index (κ1) is 14.2. The van der Waals surface area contributed by atoms with E-state index < -0.39 is 0 Å². The zero-order valence-corrected chi connectivity index (χ0v) is 12.4. The summed E-state index contributed by atoms with van der Waals surface area (Å²) < 4.78 is 2.19. The fourth-order valence-corrected chi connectivity index (χ4v) is 2.81. The summed E-state index contributed by atoms with van der Waals surface area (Å²) in [6.45, 7) is 3.61. The van der Waals surface area contributed by atoms with Crippen molar-refractivity contribution >= 4 is 12.0 Å². The molecule has 2 aromatic rings. The van der Waals surface area contributed by atoms with E-state index in [2.05, 4.69) is 29.8 Å². The van der Waals surface area contributed by atoms with Crippen LogP contribution in [0.4, 0.5) is 0 Å². The Kier molecular flexibility index (Phi) is 3.80. The highest BCUT2D eigenvalue weighted by Crippen LogP contribution is 2.25. The Balaban J connectivity index is 1.72. The van der Waals surface area contributed by atoms with Gasteiger partial charge in [-0.25, -0.2) is 0 Å². The van der Waals surface area contributed by atoms with E-state index in [1.165, 1.54) is 5.69 Å². The lowest BCUT2D eigenvalue weighted by atomic mass is 10.1. The molecule has 0 saturated heterocycles. The molecule has 1 aromatic heterocycles. The first-order valence-corrected chi connectivity index (χ1v) is 7.33. The number of hydrogen-bond acceptors (Lipinski definition) is 2. The molecule has 1 unspecified atom stereocenters. The van der Waals surface area contributed by atoms with Crippen molar-refractivity contribution in [2.24, 2.45) is 0 Å². The predicted octanol–water partition coefficient (Wildman–Crippen LogP) is 2.98. The van der Waals surface area contributed by atoms with E-state index in [0.29, 0.717) is 5.56 Å². The van der Waals surface area contributed by atoms with Crippen molar-refractivity contribution in [3.05, 3.63) is 65.5 Å². The van der Waals surface area contributed by atoms with Gasteiger partial charge >= 0.3 is 0 Å². The Hall–Kier alpha value is -2.80. The number of hydrogen-bond donors (Lipinski definition) is 0. The van der Waals surface area contributed by atoms with Crippen LogP contribution in [0.25, 0.3) is 6.08 Å². The molecule has 2 heterocycles. The zero-order chi connectivity index (χ0) is 15.5. The van der Waals surface area contributed by atoms with Crippen LogP contribution >= 0.6 is 0 Å². The topological polar surface area (TPSA) is 49.0 Å². The number of nitrogens with zero attached hydrogens (tertiary/aromatic N) is 3. The van der Waals surface area contributed by atoms with Gasteiger partial charge in [0.05, 0.1) is 17.7 Å². The summed E-state index contributed by atoms with van der Waals surface area (Å²) in [4.78, 5) is 14.3. The molecule has 0 saturated carbocycles. The average molecular weight is 291 g/mol. The largest absolute Gasteiger partial charge is 0.348 e. The van der Waals surface area contributed by atoms with Crippen LogP contribution < -0.4 is 0 Å². The van der Waals surface area contributed by atoms with Gasteiger partial charge in [-0.2, -0.15) is 5.26 Å². The number of benzene rings is 1. The molecular weight excluding hydrogens is 274 g/mol. The molecule has 0 N–H and O–H groups in total. The van der Waals surface area contributed by atoms with Gasteiger partial charge in [-0.3, -0.25) is 4.79 Å². The van der Waals surface area contributed by atoms with E-state index in [-0.39, 0.29) is 11.9 Å². The first-order valence-electron chi connectivity index (χ1n) is 7.33. The molecule has 1 amide bonds. The van der Waals surface area contributed by atoms with Gasteiger partial charge in [-0.05, 0) is 42.8 Å². The average Bonchev–Trinajstić information content (AvgIpc) is 3.03. The molecular formula is C18H17N3O. The fourth-order valence-electron chi connectivity index (χ4n) is 2.81. The maximum Gasteiger partial charge on any atom is 0.247 e. The molecule has 1 aromatic carbocycles. The predicted molar refractivity (Wildman–Crippen MR) is 84.8 cm³/mol. The molecule has 1 aliphatic rings. The molecule has 3 rings (SSSR count).